The number of rotatable bonds is 7. The molecule has 0 radical (unpaired) electrons. The van der Waals surface area contributed by atoms with Crippen molar-refractivity contribution in [1.82, 2.24) is 14.9 Å². The number of carbonyl (C=O) groups is 1. The van der Waals surface area contributed by atoms with Gasteiger partial charge in [0.2, 0.25) is 9.47 Å². The second kappa shape index (κ2) is 9.38. The predicted octanol–water partition coefficient (Wildman–Crippen LogP) is 4.80. The van der Waals surface area contributed by atoms with Crippen LogP contribution in [0.2, 0.25) is 5.02 Å². The summed E-state index contributed by atoms with van der Waals surface area (Å²) in [5.74, 6) is 0.238. The Morgan fingerprint density at radius 3 is 2.55 bits per heavy atom. The fourth-order valence-electron chi connectivity index (χ4n) is 3.78. The smallest absolute Gasteiger partial charge is 0.270 e. The van der Waals surface area contributed by atoms with Gasteiger partial charge in [-0.2, -0.15) is 0 Å². The molecule has 1 unspecified atom stereocenters. The van der Waals surface area contributed by atoms with Crippen molar-refractivity contribution in [2.24, 2.45) is 0 Å². The Morgan fingerprint density at radius 1 is 1.15 bits per heavy atom. The van der Waals surface area contributed by atoms with Crippen molar-refractivity contribution in [3.63, 3.8) is 0 Å². The number of halogens is 1. The van der Waals surface area contributed by atoms with E-state index >= 15 is 0 Å². The van der Waals surface area contributed by atoms with Crippen LogP contribution in [0, 0.1) is 0 Å². The van der Waals surface area contributed by atoms with Gasteiger partial charge in [-0.25, -0.2) is 13.1 Å². The van der Waals surface area contributed by atoms with Gasteiger partial charge in [0.05, 0.1) is 6.04 Å². The fourth-order valence-corrected chi connectivity index (χ4v) is 6.04. The van der Waals surface area contributed by atoms with Gasteiger partial charge in [0.15, 0.2) is 0 Å². The standard InChI is InChI=1S/C22H23ClN4O4S2/c1-3-22(4-2)13-17(16-7-5-6-8-18(16)31-22)27-33(29,30)21-26-25-20(32-21)24-19(28)14-9-11-15(23)12-10-14/h5-12,17,27H,3-4,13H2,1-2H3,(H,24,25,28). The monoisotopic (exact) mass is 506 g/mol. The third-order valence-corrected chi connectivity index (χ3v) is 8.68. The molecule has 2 aromatic carbocycles. The number of nitrogens with one attached hydrogen (secondary N) is 2. The first-order valence-corrected chi connectivity index (χ1v) is 13.1. The molecule has 1 aliphatic heterocycles. The molecule has 3 aromatic rings. The molecule has 0 fully saturated rings. The molecule has 0 aliphatic carbocycles. The average molecular weight is 507 g/mol. The highest BCUT2D eigenvalue weighted by atomic mass is 35.5. The maximum atomic E-state index is 13.1. The maximum absolute atomic E-state index is 13.1. The van der Waals surface area contributed by atoms with E-state index in [2.05, 4.69) is 20.2 Å². The van der Waals surface area contributed by atoms with Gasteiger partial charge in [-0.3, -0.25) is 10.1 Å². The van der Waals surface area contributed by atoms with Gasteiger partial charge in [0.1, 0.15) is 11.4 Å². The molecule has 1 aliphatic rings. The summed E-state index contributed by atoms with van der Waals surface area (Å²) in [5.41, 5.74) is 0.686. The molecule has 0 spiro atoms. The quantitative estimate of drug-likeness (QED) is 0.445. The molecule has 174 valence electrons. The Bertz CT molecular complexity index is 1260. The van der Waals surface area contributed by atoms with Crippen LogP contribution in [0.15, 0.2) is 52.9 Å². The van der Waals surface area contributed by atoms with Crippen molar-refractivity contribution in [2.75, 3.05) is 5.32 Å². The Labute approximate surface area is 201 Å². The van der Waals surface area contributed by atoms with Crippen LogP contribution in [-0.4, -0.2) is 30.1 Å². The lowest BCUT2D eigenvalue weighted by molar-refractivity contribution is 0.0260. The van der Waals surface area contributed by atoms with Crippen molar-refractivity contribution in [1.29, 1.82) is 0 Å². The number of hydrogen-bond donors (Lipinski definition) is 2. The van der Waals surface area contributed by atoms with Gasteiger partial charge in [-0.05, 0) is 43.2 Å². The van der Waals surface area contributed by atoms with E-state index in [-0.39, 0.29) is 9.47 Å². The largest absolute Gasteiger partial charge is 0.487 e. The Hall–Kier alpha value is -2.53. The lowest BCUT2D eigenvalue weighted by Crippen LogP contribution is -2.44. The molecule has 11 heteroatoms. The zero-order chi connectivity index (χ0) is 23.6. The van der Waals surface area contributed by atoms with Crippen molar-refractivity contribution >= 4 is 44.0 Å². The number of aromatic nitrogens is 2. The Kier molecular flexibility index (Phi) is 6.71. The first-order chi connectivity index (χ1) is 15.7. The van der Waals surface area contributed by atoms with Gasteiger partial charge in [-0.15, -0.1) is 10.2 Å². The third kappa shape index (κ3) is 5.03. The van der Waals surface area contributed by atoms with Crippen LogP contribution >= 0.6 is 22.9 Å². The van der Waals surface area contributed by atoms with E-state index in [1.807, 2.05) is 38.1 Å². The van der Waals surface area contributed by atoms with Crippen LogP contribution in [0.25, 0.3) is 0 Å². The van der Waals surface area contributed by atoms with E-state index in [1.54, 1.807) is 24.3 Å². The van der Waals surface area contributed by atoms with Crippen molar-refractivity contribution < 1.29 is 17.9 Å². The molecule has 1 amide bonds. The number of ether oxygens (including phenoxy) is 1. The van der Waals surface area contributed by atoms with Gasteiger partial charge in [-0.1, -0.05) is 55.0 Å². The van der Waals surface area contributed by atoms with E-state index in [9.17, 15) is 13.2 Å². The maximum Gasteiger partial charge on any atom is 0.270 e. The van der Waals surface area contributed by atoms with E-state index in [0.29, 0.717) is 22.8 Å². The molecule has 0 saturated heterocycles. The van der Waals surface area contributed by atoms with Crippen molar-refractivity contribution in [3.8, 4) is 5.75 Å². The summed E-state index contributed by atoms with van der Waals surface area (Å²) in [5, 5.41) is 10.8. The van der Waals surface area contributed by atoms with E-state index in [0.717, 1.165) is 29.7 Å². The van der Waals surface area contributed by atoms with E-state index in [4.69, 9.17) is 16.3 Å². The number of benzene rings is 2. The van der Waals surface area contributed by atoms with Crippen LogP contribution in [0.1, 0.15) is 55.1 Å². The number of para-hydroxylation sites is 1. The minimum Gasteiger partial charge on any atom is -0.487 e. The number of anilines is 1. The Balaban J connectivity index is 1.54. The van der Waals surface area contributed by atoms with Crippen LogP contribution in [-0.2, 0) is 10.0 Å². The van der Waals surface area contributed by atoms with Crippen LogP contribution < -0.4 is 14.8 Å². The number of fused-ring (bicyclic) bond motifs is 1. The zero-order valence-electron chi connectivity index (χ0n) is 18.0. The molecule has 0 saturated carbocycles. The molecule has 2 heterocycles. The summed E-state index contributed by atoms with van der Waals surface area (Å²) in [6.07, 6.45) is 1.99. The van der Waals surface area contributed by atoms with Gasteiger partial charge < -0.3 is 4.74 Å². The molecule has 0 bridgehead atoms. The van der Waals surface area contributed by atoms with E-state index in [1.165, 1.54) is 0 Å². The molecule has 2 N–H and O–H groups in total. The number of amides is 1. The lowest BCUT2D eigenvalue weighted by atomic mass is 9.84. The minimum atomic E-state index is -3.98. The second-order valence-corrected chi connectivity index (χ2v) is 11.0. The number of sulfonamides is 1. The van der Waals surface area contributed by atoms with Gasteiger partial charge in [0, 0.05) is 22.6 Å². The van der Waals surface area contributed by atoms with Crippen LogP contribution in [0.5, 0.6) is 5.75 Å². The van der Waals surface area contributed by atoms with Crippen molar-refractivity contribution in [3.05, 3.63) is 64.7 Å². The minimum absolute atomic E-state index is 0.0826. The first kappa shape index (κ1) is 23.6. The summed E-state index contributed by atoms with van der Waals surface area (Å²) in [6.45, 7) is 4.06. The highest BCUT2D eigenvalue weighted by Crippen LogP contribution is 2.43. The molecular weight excluding hydrogens is 484 g/mol. The summed E-state index contributed by atoms with van der Waals surface area (Å²) in [6, 6.07) is 13.3. The molecule has 1 atom stereocenters. The van der Waals surface area contributed by atoms with Crippen LogP contribution in [0.3, 0.4) is 0 Å². The molecular formula is C22H23ClN4O4S2. The summed E-state index contributed by atoms with van der Waals surface area (Å²) >= 11 is 6.63. The first-order valence-electron chi connectivity index (χ1n) is 10.5. The summed E-state index contributed by atoms with van der Waals surface area (Å²) in [4.78, 5) is 12.4. The third-order valence-electron chi connectivity index (χ3n) is 5.75. The lowest BCUT2D eigenvalue weighted by Gasteiger charge is -2.41. The SMILES string of the molecule is CCC1(CC)CC(NS(=O)(=O)c2nnc(NC(=O)c3ccc(Cl)cc3)s2)c2ccccc2O1. The fraction of sp³-hybridized carbons (Fsp3) is 0.318. The zero-order valence-corrected chi connectivity index (χ0v) is 20.4. The summed E-state index contributed by atoms with van der Waals surface area (Å²) < 4.78 is 35.1. The summed E-state index contributed by atoms with van der Waals surface area (Å²) in [7, 11) is -3.98. The van der Waals surface area contributed by atoms with Gasteiger partial charge in [0.25, 0.3) is 15.9 Å². The average Bonchev–Trinajstić information content (AvgIpc) is 3.28. The van der Waals surface area contributed by atoms with E-state index < -0.39 is 27.6 Å². The predicted molar refractivity (Wildman–Crippen MR) is 127 cm³/mol. The molecule has 4 rings (SSSR count). The number of carbonyl (C=O) groups excluding carboxylic acids is 1. The normalized spacial score (nSPS) is 17.1. The Morgan fingerprint density at radius 2 is 1.85 bits per heavy atom. The molecule has 1 aromatic heterocycles. The van der Waals surface area contributed by atoms with Crippen molar-refractivity contribution in [2.45, 2.75) is 49.1 Å². The topological polar surface area (TPSA) is 110 Å². The molecule has 8 nitrogen and oxygen atoms in total. The number of hydrogen-bond acceptors (Lipinski definition) is 7. The molecule has 33 heavy (non-hydrogen) atoms. The second-order valence-electron chi connectivity index (χ2n) is 7.74. The highest BCUT2D eigenvalue weighted by Gasteiger charge is 2.40. The highest BCUT2D eigenvalue weighted by molar-refractivity contribution is 7.91. The number of nitrogens with zero attached hydrogens (tertiary/aromatic N) is 2. The van der Waals surface area contributed by atoms with Gasteiger partial charge >= 0.3 is 0 Å². The van der Waals surface area contributed by atoms with Crippen LogP contribution in [0.4, 0.5) is 5.13 Å².